The summed E-state index contributed by atoms with van der Waals surface area (Å²) in [6, 6.07) is 12.9. The number of benzene rings is 2. The molecule has 1 aliphatic heterocycles. The van der Waals surface area contributed by atoms with Crippen molar-refractivity contribution in [1.29, 1.82) is 0 Å². The molecular weight excluding hydrogens is 382 g/mol. The van der Waals surface area contributed by atoms with Crippen molar-refractivity contribution in [3.63, 3.8) is 0 Å². The quantitative estimate of drug-likeness (QED) is 0.675. The van der Waals surface area contributed by atoms with Crippen LogP contribution >= 0.6 is 0 Å². The van der Waals surface area contributed by atoms with Crippen molar-refractivity contribution in [1.82, 2.24) is 10.1 Å². The molecule has 3 aromatic rings. The third-order valence-electron chi connectivity index (χ3n) is 4.41. The summed E-state index contributed by atoms with van der Waals surface area (Å²) in [7, 11) is -2.17. The van der Waals surface area contributed by atoms with Gasteiger partial charge in [0.15, 0.2) is 0 Å². The minimum absolute atomic E-state index is 0.142. The number of hydrogen-bond donors (Lipinski definition) is 1. The molecule has 1 aliphatic rings. The maximum atomic E-state index is 12.5. The molecule has 146 valence electrons. The van der Waals surface area contributed by atoms with Crippen LogP contribution in [0.25, 0.3) is 11.4 Å². The van der Waals surface area contributed by atoms with E-state index < -0.39 is 10.0 Å². The Hall–Kier alpha value is -2.91. The number of nitrogens with one attached hydrogen (secondary N) is 1. The second-order valence-electron chi connectivity index (χ2n) is 6.32. The molecule has 8 nitrogen and oxygen atoms in total. The van der Waals surface area contributed by atoms with Crippen LogP contribution < -0.4 is 9.46 Å². The Kier molecular flexibility index (Phi) is 5.01. The number of anilines is 1. The van der Waals surface area contributed by atoms with Gasteiger partial charge in [0.1, 0.15) is 11.9 Å². The molecule has 0 radical (unpaired) electrons. The Bertz CT molecular complexity index is 1040. The van der Waals surface area contributed by atoms with Gasteiger partial charge in [0.25, 0.3) is 15.9 Å². The van der Waals surface area contributed by atoms with E-state index in [0.29, 0.717) is 29.8 Å². The normalized spacial score (nSPS) is 16.8. The Morgan fingerprint density at radius 1 is 1.11 bits per heavy atom. The van der Waals surface area contributed by atoms with E-state index in [1.807, 2.05) is 0 Å². The van der Waals surface area contributed by atoms with Crippen LogP contribution in [-0.2, 0) is 14.8 Å². The van der Waals surface area contributed by atoms with Gasteiger partial charge in [-0.25, -0.2) is 8.42 Å². The molecule has 0 amide bonds. The fraction of sp³-hybridized carbons (Fsp3) is 0.263. The van der Waals surface area contributed by atoms with Gasteiger partial charge < -0.3 is 14.0 Å². The van der Waals surface area contributed by atoms with Crippen LogP contribution in [-0.4, -0.2) is 32.3 Å². The second kappa shape index (κ2) is 7.61. The Labute approximate surface area is 162 Å². The molecule has 1 unspecified atom stereocenters. The molecule has 1 fully saturated rings. The van der Waals surface area contributed by atoms with Crippen molar-refractivity contribution in [2.75, 3.05) is 18.4 Å². The van der Waals surface area contributed by atoms with E-state index in [2.05, 4.69) is 14.9 Å². The van der Waals surface area contributed by atoms with Gasteiger partial charge in [-0.05, 0) is 61.4 Å². The summed E-state index contributed by atoms with van der Waals surface area (Å²) in [5, 5.41) is 3.98. The number of aromatic nitrogens is 2. The van der Waals surface area contributed by atoms with Gasteiger partial charge in [0.2, 0.25) is 5.82 Å². The Balaban J connectivity index is 1.48. The molecule has 2 heterocycles. The lowest BCUT2D eigenvalue weighted by atomic mass is 10.2. The Morgan fingerprint density at radius 3 is 2.50 bits per heavy atom. The molecule has 9 heteroatoms. The van der Waals surface area contributed by atoms with E-state index in [4.69, 9.17) is 14.0 Å². The molecule has 0 saturated carbocycles. The predicted octanol–water partition coefficient (Wildman–Crippen LogP) is 3.40. The predicted molar refractivity (Wildman–Crippen MR) is 101 cm³/mol. The van der Waals surface area contributed by atoms with Crippen LogP contribution in [0.2, 0.25) is 0 Å². The highest BCUT2D eigenvalue weighted by molar-refractivity contribution is 7.92. The van der Waals surface area contributed by atoms with E-state index in [-0.39, 0.29) is 11.0 Å². The summed E-state index contributed by atoms with van der Waals surface area (Å²) < 4.78 is 43.4. The number of ether oxygens (including phenoxy) is 2. The third kappa shape index (κ3) is 3.85. The van der Waals surface area contributed by atoms with Crippen molar-refractivity contribution in [3.05, 3.63) is 54.4 Å². The molecule has 0 aliphatic carbocycles. The first-order valence-electron chi connectivity index (χ1n) is 8.78. The van der Waals surface area contributed by atoms with Gasteiger partial charge >= 0.3 is 0 Å². The topological polar surface area (TPSA) is 104 Å². The van der Waals surface area contributed by atoms with Crippen molar-refractivity contribution in [3.8, 4) is 17.1 Å². The summed E-state index contributed by atoms with van der Waals surface area (Å²) >= 11 is 0. The maximum Gasteiger partial charge on any atom is 0.261 e. The minimum atomic E-state index is -3.69. The van der Waals surface area contributed by atoms with Gasteiger partial charge in [-0.15, -0.1) is 0 Å². The van der Waals surface area contributed by atoms with Gasteiger partial charge in [0, 0.05) is 17.9 Å². The van der Waals surface area contributed by atoms with E-state index in [1.54, 1.807) is 36.4 Å². The fourth-order valence-corrected chi connectivity index (χ4v) is 3.97. The first kappa shape index (κ1) is 18.5. The van der Waals surface area contributed by atoms with Crippen LogP contribution in [0.15, 0.2) is 57.9 Å². The molecule has 1 saturated heterocycles. The van der Waals surface area contributed by atoms with Gasteiger partial charge in [0.05, 0.1) is 12.0 Å². The van der Waals surface area contributed by atoms with Crippen LogP contribution in [0.1, 0.15) is 24.8 Å². The molecule has 2 aromatic carbocycles. The highest BCUT2D eigenvalue weighted by Crippen LogP contribution is 2.29. The van der Waals surface area contributed by atoms with Crippen LogP contribution in [0.5, 0.6) is 5.75 Å². The minimum Gasteiger partial charge on any atom is -0.497 e. The molecule has 0 spiro atoms. The number of hydrogen-bond acceptors (Lipinski definition) is 7. The zero-order valence-electron chi connectivity index (χ0n) is 15.2. The van der Waals surface area contributed by atoms with Crippen molar-refractivity contribution < 1.29 is 22.4 Å². The monoisotopic (exact) mass is 401 g/mol. The van der Waals surface area contributed by atoms with Gasteiger partial charge in [-0.2, -0.15) is 4.98 Å². The lowest BCUT2D eigenvalue weighted by Gasteiger charge is -2.09. The lowest BCUT2D eigenvalue weighted by molar-refractivity contribution is 0.0835. The van der Waals surface area contributed by atoms with E-state index in [0.717, 1.165) is 18.4 Å². The molecular formula is C19H19N3O5S. The summed E-state index contributed by atoms with van der Waals surface area (Å²) in [6.45, 7) is 0.700. The number of methoxy groups -OCH3 is 1. The maximum absolute atomic E-state index is 12.5. The highest BCUT2D eigenvalue weighted by Gasteiger charge is 2.24. The SMILES string of the molecule is COc1ccc(S(=O)(=O)Nc2ccc(-c3noc(C4CCCO4)n3)cc2)cc1. The van der Waals surface area contributed by atoms with Crippen molar-refractivity contribution in [2.45, 2.75) is 23.8 Å². The standard InChI is InChI=1S/C19H19N3O5S/c1-25-15-8-10-16(11-9-15)28(23,24)22-14-6-4-13(5-7-14)18-20-19(27-21-18)17-3-2-12-26-17/h4-11,17,22H,2-3,12H2,1H3. The first-order chi connectivity index (χ1) is 13.5. The number of sulfonamides is 1. The second-order valence-corrected chi connectivity index (χ2v) is 8.00. The lowest BCUT2D eigenvalue weighted by Crippen LogP contribution is -2.12. The van der Waals surface area contributed by atoms with Crippen LogP contribution in [0.3, 0.4) is 0 Å². The molecule has 1 N–H and O–H groups in total. The molecule has 0 bridgehead atoms. The highest BCUT2D eigenvalue weighted by atomic mass is 32.2. The summed E-state index contributed by atoms with van der Waals surface area (Å²) in [4.78, 5) is 4.53. The Morgan fingerprint density at radius 2 is 1.86 bits per heavy atom. The van der Waals surface area contributed by atoms with Crippen LogP contribution in [0.4, 0.5) is 5.69 Å². The summed E-state index contributed by atoms with van der Waals surface area (Å²) in [5.41, 5.74) is 1.16. The van der Waals surface area contributed by atoms with Gasteiger partial charge in [-0.3, -0.25) is 4.72 Å². The van der Waals surface area contributed by atoms with Gasteiger partial charge in [-0.1, -0.05) is 5.16 Å². The zero-order valence-corrected chi connectivity index (χ0v) is 16.0. The van der Waals surface area contributed by atoms with E-state index in [1.165, 1.54) is 19.2 Å². The third-order valence-corrected chi connectivity index (χ3v) is 5.81. The molecule has 1 atom stereocenters. The smallest absolute Gasteiger partial charge is 0.261 e. The molecule has 1 aromatic heterocycles. The number of nitrogens with zero attached hydrogens (tertiary/aromatic N) is 2. The molecule has 28 heavy (non-hydrogen) atoms. The average Bonchev–Trinajstić information content (AvgIpc) is 3.40. The average molecular weight is 401 g/mol. The zero-order chi connectivity index (χ0) is 19.6. The first-order valence-corrected chi connectivity index (χ1v) is 10.3. The van der Waals surface area contributed by atoms with Crippen molar-refractivity contribution >= 4 is 15.7 Å². The summed E-state index contributed by atoms with van der Waals surface area (Å²) in [6.07, 6.45) is 1.70. The molecule has 4 rings (SSSR count). The van der Waals surface area contributed by atoms with E-state index >= 15 is 0 Å². The summed E-state index contributed by atoms with van der Waals surface area (Å²) in [5.74, 6) is 1.50. The van der Waals surface area contributed by atoms with E-state index in [9.17, 15) is 8.42 Å². The van der Waals surface area contributed by atoms with Crippen LogP contribution in [0, 0.1) is 0 Å². The fourth-order valence-electron chi connectivity index (χ4n) is 2.91. The van der Waals surface area contributed by atoms with Crippen molar-refractivity contribution in [2.24, 2.45) is 0 Å². The largest absolute Gasteiger partial charge is 0.497 e. The number of rotatable bonds is 6.